The lowest BCUT2D eigenvalue weighted by Gasteiger charge is -2.33. The molecule has 0 radical (unpaired) electrons. The van der Waals surface area contributed by atoms with Gasteiger partial charge < -0.3 is 16.0 Å². The molecule has 1 atom stereocenters. The Kier molecular flexibility index (Phi) is 4.96. The van der Waals surface area contributed by atoms with Gasteiger partial charge in [0.15, 0.2) is 0 Å². The number of nitrogens with zero attached hydrogens (tertiary/aromatic N) is 3. The summed E-state index contributed by atoms with van der Waals surface area (Å²) in [5, 5.41) is 3.32. The average Bonchev–Trinajstić information content (AvgIpc) is 2.39. The lowest BCUT2D eigenvalue weighted by Crippen LogP contribution is -2.36. The monoisotopic (exact) mass is 263 g/mol. The van der Waals surface area contributed by atoms with Gasteiger partial charge in [0.25, 0.3) is 0 Å². The highest BCUT2D eigenvalue weighted by Crippen LogP contribution is 2.24. The Hall–Kier alpha value is -1.36. The van der Waals surface area contributed by atoms with E-state index in [0.29, 0.717) is 12.0 Å². The number of nitrogens with two attached hydrogens (primary N) is 1. The maximum Gasteiger partial charge on any atom is 0.134 e. The first-order chi connectivity index (χ1) is 9.19. The molecule has 2 rings (SSSR count). The maximum absolute atomic E-state index is 5.67. The van der Waals surface area contributed by atoms with Crippen molar-refractivity contribution in [3.05, 3.63) is 12.4 Å². The SMILES string of the molecule is CC(C)Nc1cc(N2CCCC(CCN)C2)ncn1. The van der Waals surface area contributed by atoms with Crippen molar-refractivity contribution in [2.45, 2.75) is 39.2 Å². The maximum atomic E-state index is 5.67. The summed E-state index contributed by atoms with van der Waals surface area (Å²) in [6.45, 7) is 7.15. The van der Waals surface area contributed by atoms with Gasteiger partial charge in [-0.1, -0.05) is 0 Å². The molecule has 1 unspecified atom stereocenters. The Balaban J connectivity index is 2.04. The normalized spacial score (nSPS) is 19.8. The van der Waals surface area contributed by atoms with Crippen LogP contribution in [0.3, 0.4) is 0 Å². The van der Waals surface area contributed by atoms with Crippen LogP contribution in [0.1, 0.15) is 33.1 Å². The minimum Gasteiger partial charge on any atom is -0.368 e. The lowest BCUT2D eigenvalue weighted by atomic mass is 9.95. The van der Waals surface area contributed by atoms with Crippen LogP contribution in [0.2, 0.25) is 0 Å². The first-order valence-corrected chi connectivity index (χ1v) is 7.22. The van der Waals surface area contributed by atoms with Crippen molar-refractivity contribution in [3.8, 4) is 0 Å². The van der Waals surface area contributed by atoms with Gasteiger partial charge in [-0.2, -0.15) is 0 Å². The van der Waals surface area contributed by atoms with E-state index in [2.05, 4.69) is 34.0 Å². The summed E-state index contributed by atoms with van der Waals surface area (Å²) in [5.74, 6) is 2.64. The van der Waals surface area contributed by atoms with Crippen LogP contribution < -0.4 is 16.0 Å². The zero-order chi connectivity index (χ0) is 13.7. The third-order valence-corrected chi connectivity index (χ3v) is 3.51. The van der Waals surface area contributed by atoms with E-state index in [1.54, 1.807) is 6.33 Å². The largest absolute Gasteiger partial charge is 0.368 e. The third-order valence-electron chi connectivity index (χ3n) is 3.51. The summed E-state index contributed by atoms with van der Waals surface area (Å²) in [5.41, 5.74) is 5.67. The van der Waals surface area contributed by atoms with E-state index in [0.717, 1.165) is 37.7 Å². The number of rotatable bonds is 5. The quantitative estimate of drug-likeness (QED) is 0.849. The summed E-state index contributed by atoms with van der Waals surface area (Å²) >= 11 is 0. The van der Waals surface area contributed by atoms with Gasteiger partial charge in [0.2, 0.25) is 0 Å². The Labute approximate surface area is 115 Å². The minimum absolute atomic E-state index is 0.383. The molecule has 2 heterocycles. The van der Waals surface area contributed by atoms with Gasteiger partial charge in [-0.15, -0.1) is 0 Å². The van der Waals surface area contributed by atoms with Crippen LogP contribution in [0, 0.1) is 5.92 Å². The second kappa shape index (κ2) is 6.70. The summed E-state index contributed by atoms with van der Waals surface area (Å²) in [4.78, 5) is 11.0. The van der Waals surface area contributed by atoms with Gasteiger partial charge in [-0.05, 0) is 45.6 Å². The van der Waals surface area contributed by atoms with Crippen LogP contribution in [0.15, 0.2) is 12.4 Å². The molecule has 1 fully saturated rings. The first kappa shape index (κ1) is 14.1. The van der Waals surface area contributed by atoms with Crippen molar-refractivity contribution < 1.29 is 0 Å². The van der Waals surface area contributed by atoms with Crippen LogP contribution in [-0.2, 0) is 0 Å². The molecular weight excluding hydrogens is 238 g/mol. The fraction of sp³-hybridized carbons (Fsp3) is 0.714. The highest BCUT2D eigenvalue weighted by molar-refractivity contribution is 5.49. The average molecular weight is 263 g/mol. The van der Waals surface area contributed by atoms with Crippen LogP contribution in [0.4, 0.5) is 11.6 Å². The van der Waals surface area contributed by atoms with E-state index in [1.807, 2.05) is 6.07 Å². The molecule has 1 aromatic rings. The van der Waals surface area contributed by atoms with Crippen molar-refractivity contribution in [2.24, 2.45) is 11.7 Å². The lowest BCUT2D eigenvalue weighted by molar-refractivity contribution is 0.394. The van der Waals surface area contributed by atoms with Crippen LogP contribution in [-0.4, -0.2) is 35.6 Å². The van der Waals surface area contributed by atoms with E-state index >= 15 is 0 Å². The molecule has 19 heavy (non-hydrogen) atoms. The molecule has 1 aromatic heterocycles. The molecule has 0 saturated carbocycles. The standard InChI is InChI=1S/C14H25N5/c1-11(2)18-13-8-14(17-10-16-13)19-7-3-4-12(9-19)5-6-15/h8,10-12H,3-7,9,15H2,1-2H3,(H,16,17,18). The minimum atomic E-state index is 0.383. The number of nitrogens with one attached hydrogen (secondary N) is 1. The molecule has 1 saturated heterocycles. The molecule has 5 heteroatoms. The number of piperidine rings is 1. The summed E-state index contributed by atoms with van der Waals surface area (Å²) < 4.78 is 0. The van der Waals surface area contributed by atoms with Crippen molar-refractivity contribution in [3.63, 3.8) is 0 Å². The van der Waals surface area contributed by atoms with Crippen molar-refractivity contribution >= 4 is 11.6 Å². The third kappa shape index (κ3) is 4.06. The van der Waals surface area contributed by atoms with Gasteiger partial charge in [-0.25, -0.2) is 9.97 Å². The van der Waals surface area contributed by atoms with Crippen LogP contribution in [0.5, 0.6) is 0 Å². The van der Waals surface area contributed by atoms with Crippen LogP contribution >= 0.6 is 0 Å². The molecule has 0 amide bonds. The van der Waals surface area contributed by atoms with Crippen LogP contribution in [0.25, 0.3) is 0 Å². The second-order valence-electron chi connectivity index (χ2n) is 5.59. The molecule has 106 valence electrons. The van der Waals surface area contributed by atoms with Crippen molar-refractivity contribution in [2.75, 3.05) is 29.9 Å². The molecule has 5 nitrogen and oxygen atoms in total. The Bertz CT molecular complexity index is 391. The zero-order valence-corrected chi connectivity index (χ0v) is 12.0. The predicted octanol–water partition coefficient (Wildman–Crippen LogP) is 1.86. The molecule has 1 aliphatic rings. The fourth-order valence-electron chi connectivity index (χ4n) is 2.64. The Morgan fingerprint density at radius 3 is 3.05 bits per heavy atom. The molecular formula is C14H25N5. The van der Waals surface area contributed by atoms with Gasteiger partial charge in [0.1, 0.15) is 18.0 Å². The molecule has 1 aliphatic heterocycles. The predicted molar refractivity (Wildman–Crippen MR) is 79.4 cm³/mol. The fourth-order valence-corrected chi connectivity index (χ4v) is 2.64. The van der Waals surface area contributed by atoms with E-state index < -0.39 is 0 Å². The number of hydrogen-bond donors (Lipinski definition) is 2. The van der Waals surface area contributed by atoms with E-state index in [4.69, 9.17) is 5.73 Å². The number of aromatic nitrogens is 2. The molecule has 0 aliphatic carbocycles. The summed E-state index contributed by atoms with van der Waals surface area (Å²) in [6.07, 6.45) is 5.27. The van der Waals surface area contributed by atoms with E-state index in [1.165, 1.54) is 12.8 Å². The molecule has 0 aromatic carbocycles. The zero-order valence-electron chi connectivity index (χ0n) is 12.0. The summed E-state index contributed by atoms with van der Waals surface area (Å²) in [6, 6.07) is 2.43. The Morgan fingerprint density at radius 2 is 2.32 bits per heavy atom. The molecule has 0 spiro atoms. The van der Waals surface area contributed by atoms with Gasteiger partial charge in [-0.3, -0.25) is 0 Å². The first-order valence-electron chi connectivity index (χ1n) is 7.22. The Morgan fingerprint density at radius 1 is 1.47 bits per heavy atom. The van der Waals surface area contributed by atoms with E-state index in [-0.39, 0.29) is 0 Å². The highest BCUT2D eigenvalue weighted by atomic mass is 15.2. The highest BCUT2D eigenvalue weighted by Gasteiger charge is 2.20. The van der Waals surface area contributed by atoms with Gasteiger partial charge >= 0.3 is 0 Å². The van der Waals surface area contributed by atoms with Gasteiger partial charge in [0, 0.05) is 25.2 Å². The van der Waals surface area contributed by atoms with Crippen molar-refractivity contribution in [1.29, 1.82) is 0 Å². The molecule has 0 bridgehead atoms. The second-order valence-corrected chi connectivity index (χ2v) is 5.59. The smallest absolute Gasteiger partial charge is 0.134 e. The van der Waals surface area contributed by atoms with E-state index in [9.17, 15) is 0 Å². The summed E-state index contributed by atoms with van der Waals surface area (Å²) in [7, 11) is 0. The van der Waals surface area contributed by atoms with Gasteiger partial charge in [0.05, 0.1) is 0 Å². The topological polar surface area (TPSA) is 67.1 Å². The van der Waals surface area contributed by atoms with Crippen molar-refractivity contribution in [1.82, 2.24) is 9.97 Å². The number of hydrogen-bond acceptors (Lipinski definition) is 5. The molecule has 3 N–H and O–H groups in total. The number of anilines is 2.